The Balaban J connectivity index is 1.21. The van der Waals surface area contributed by atoms with E-state index >= 15 is 0 Å². The fraction of sp³-hybridized carbons (Fsp3) is 0.0488. The van der Waals surface area contributed by atoms with E-state index in [0.717, 1.165) is 39.7 Å². The summed E-state index contributed by atoms with van der Waals surface area (Å²) in [6, 6.07) is 45.5. The third kappa shape index (κ3) is 3.45. The van der Waals surface area contributed by atoms with Crippen LogP contribution in [0.5, 0.6) is 0 Å². The average Bonchev–Trinajstić information content (AvgIpc) is 3.76. The van der Waals surface area contributed by atoms with E-state index in [-0.39, 0.29) is 5.92 Å². The van der Waals surface area contributed by atoms with Crippen LogP contribution in [0.4, 0.5) is 0 Å². The van der Waals surface area contributed by atoms with Crippen LogP contribution < -0.4 is 0 Å². The van der Waals surface area contributed by atoms with Crippen LogP contribution in [0.2, 0.25) is 0 Å². The summed E-state index contributed by atoms with van der Waals surface area (Å²) in [6.07, 6.45) is 7.44. The molecule has 5 aromatic carbocycles. The number of fused-ring (bicyclic) bond motifs is 9. The van der Waals surface area contributed by atoms with Gasteiger partial charge in [0.05, 0.1) is 27.8 Å². The van der Waals surface area contributed by atoms with Crippen molar-refractivity contribution in [3.63, 3.8) is 0 Å². The maximum atomic E-state index is 6.29. The second-order valence-corrected chi connectivity index (χ2v) is 11.9. The largest absolute Gasteiger partial charge is 0.456 e. The van der Waals surface area contributed by atoms with Crippen molar-refractivity contribution in [2.75, 3.05) is 0 Å². The minimum Gasteiger partial charge on any atom is -0.456 e. The van der Waals surface area contributed by atoms with Gasteiger partial charge in [-0.3, -0.25) is 4.57 Å². The monoisotopic (exact) mass is 577 g/mol. The Morgan fingerprint density at radius 1 is 0.622 bits per heavy atom. The number of para-hydroxylation sites is 3. The molecule has 4 heterocycles. The summed E-state index contributed by atoms with van der Waals surface area (Å²) in [5, 5.41) is 5.97. The summed E-state index contributed by atoms with van der Waals surface area (Å²) < 4.78 is 11.0. The lowest BCUT2D eigenvalue weighted by Crippen LogP contribution is -2.08. The van der Waals surface area contributed by atoms with Gasteiger partial charge >= 0.3 is 0 Å². The highest BCUT2D eigenvalue weighted by Crippen LogP contribution is 2.45. The zero-order chi connectivity index (χ0) is 29.5. The SMILES string of the molecule is C1=Cc2c(c3cccnc3n2-c2cccc3oc4ccccc4c23)C(c2cccc(-n3c4ccccc4c4ccccc43)c2)C1. The Labute approximate surface area is 259 Å². The van der Waals surface area contributed by atoms with Crippen molar-refractivity contribution < 1.29 is 4.42 Å². The maximum Gasteiger partial charge on any atom is 0.145 e. The van der Waals surface area contributed by atoms with E-state index in [1.54, 1.807) is 0 Å². The quantitative estimate of drug-likeness (QED) is 0.209. The molecular formula is C41H27N3O. The van der Waals surface area contributed by atoms with E-state index in [2.05, 4.69) is 137 Å². The molecule has 212 valence electrons. The molecule has 0 saturated heterocycles. The average molecular weight is 578 g/mol. The van der Waals surface area contributed by atoms with Crippen molar-refractivity contribution >= 4 is 60.9 Å². The zero-order valence-electron chi connectivity index (χ0n) is 24.4. The van der Waals surface area contributed by atoms with Crippen molar-refractivity contribution in [3.05, 3.63) is 156 Å². The molecule has 0 radical (unpaired) electrons. The van der Waals surface area contributed by atoms with Gasteiger partial charge in [0.25, 0.3) is 0 Å². The molecular weight excluding hydrogens is 550 g/mol. The number of benzene rings is 5. The highest BCUT2D eigenvalue weighted by molar-refractivity contribution is 6.11. The second kappa shape index (κ2) is 9.31. The van der Waals surface area contributed by atoms with Gasteiger partial charge in [0, 0.05) is 39.3 Å². The first kappa shape index (κ1) is 24.6. The molecule has 0 amide bonds. The summed E-state index contributed by atoms with van der Waals surface area (Å²) in [7, 11) is 0. The van der Waals surface area contributed by atoms with E-state index in [4.69, 9.17) is 9.40 Å². The van der Waals surface area contributed by atoms with E-state index in [1.807, 2.05) is 18.3 Å². The molecule has 1 aliphatic carbocycles. The highest BCUT2D eigenvalue weighted by Gasteiger charge is 2.29. The molecule has 1 unspecified atom stereocenters. The topological polar surface area (TPSA) is 35.9 Å². The molecule has 4 nitrogen and oxygen atoms in total. The fourth-order valence-electron chi connectivity index (χ4n) is 7.69. The lowest BCUT2D eigenvalue weighted by Gasteiger charge is -2.22. The third-order valence-corrected chi connectivity index (χ3v) is 9.53. The van der Waals surface area contributed by atoms with Gasteiger partial charge < -0.3 is 8.98 Å². The molecule has 1 aliphatic rings. The number of pyridine rings is 1. The molecule has 0 spiro atoms. The van der Waals surface area contributed by atoms with Crippen LogP contribution in [-0.4, -0.2) is 14.1 Å². The molecule has 0 aliphatic heterocycles. The van der Waals surface area contributed by atoms with Crippen LogP contribution in [0.25, 0.3) is 72.2 Å². The predicted octanol–water partition coefficient (Wildman–Crippen LogP) is 10.6. The molecule has 0 bridgehead atoms. The Morgan fingerprint density at radius 3 is 2.18 bits per heavy atom. The Morgan fingerprint density at radius 2 is 1.33 bits per heavy atom. The van der Waals surface area contributed by atoms with E-state index in [1.165, 1.54) is 49.7 Å². The molecule has 10 rings (SSSR count). The standard InChI is InChI=1S/C41H27N3O/c1-4-18-33-29(13-1)30-14-2-5-19-34(30)43(33)27-12-7-11-26(25-27)28-16-8-20-35-39(28)32-17-10-24-42-41(32)44(35)36-21-9-23-38-40(36)31-15-3-6-22-37(31)45-38/h1-15,17-25,28H,16H2. The Hall–Kier alpha value is -5.87. The molecule has 1 atom stereocenters. The van der Waals surface area contributed by atoms with Crippen LogP contribution in [0.3, 0.4) is 0 Å². The molecule has 0 saturated carbocycles. The number of hydrogen-bond donors (Lipinski definition) is 0. The maximum absolute atomic E-state index is 6.29. The molecule has 0 fully saturated rings. The van der Waals surface area contributed by atoms with Crippen LogP contribution in [-0.2, 0) is 0 Å². The molecule has 9 aromatic rings. The number of rotatable bonds is 3. The van der Waals surface area contributed by atoms with Gasteiger partial charge in [0.1, 0.15) is 16.8 Å². The van der Waals surface area contributed by atoms with Crippen LogP contribution >= 0.6 is 0 Å². The van der Waals surface area contributed by atoms with Crippen molar-refractivity contribution in [1.29, 1.82) is 0 Å². The summed E-state index contributed by atoms with van der Waals surface area (Å²) in [5.41, 5.74) is 11.3. The molecule has 45 heavy (non-hydrogen) atoms. The van der Waals surface area contributed by atoms with Gasteiger partial charge in [-0.1, -0.05) is 78.9 Å². The van der Waals surface area contributed by atoms with Gasteiger partial charge in [0.2, 0.25) is 0 Å². The Kier molecular flexibility index (Phi) is 5.08. The first-order valence-corrected chi connectivity index (χ1v) is 15.5. The molecule has 0 N–H and O–H groups in total. The summed E-state index contributed by atoms with van der Waals surface area (Å²) in [4.78, 5) is 4.98. The fourth-order valence-corrected chi connectivity index (χ4v) is 7.69. The van der Waals surface area contributed by atoms with Crippen LogP contribution in [0, 0.1) is 0 Å². The first-order valence-electron chi connectivity index (χ1n) is 15.5. The summed E-state index contributed by atoms with van der Waals surface area (Å²) in [5.74, 6) is 0.186. The molecule has 4 heteroatoms. The van der Waals surface area contributed by atoms with Crippen molar-refractivity contribution in [2.24, 2.45) is 0 Å². The van der Waals surface area contributed by atoms with Crippen molar-refractivity contribution in [3.8, 4) is 11.4 Å². The van der Waals surface area contributed by atoms with Gasteiger partial charge in [0.15, 0.2) is 0 Å². The minimum atomic E-state index is 0.186. The van der Waals surface area contributed by atoms with E-state index in [9.17, 15) is 0 Å². The van der Waals surface area contributed by atoms with Crippen molar-refractivity contribution in [2.45, 2.75) is 12.3 Å². The number of furan rings is 1. The first-order chi connectivity index (χ1) is 22.3. The number of aromatic nitrogens is 3. The molecule has 4 aromatic heterocycles. The van der Waals surface area contributed by atoms with Crippen LogP contribution in [0.1, 0.15) is 29.2 Å². The predicted molar refractivity (Wildman–Crippen MR) is 185 cm³/mol. The van der Waals surface area contributed by atoms with E-state index in [0.29, 0.717) is 0 Å². The number of hydrogen-bond acceptors (Lipinski definition) is 2. The normalized spacial score (nSPS) is 14.7. The van der Waals surface area contributed by atoms with Gasteiger partial charge in [-0.2, -0.15) is 0 Å². The van der Waals surface area contributed by atoms with Gasteiger partial charge in [-0.15, -0.1) is 0 Å². The minimum absolute atomic E-state index is 0.186. The lowest BCUT2D eigenvalue weighted by molar-refractivity contribution is 0.669. The number of allylic oxidation sites excluding steroid dienone is 1. The van der Waals surface area contributed by atoms with Gasteiger partial charge in [-0.25, -0.2) is 4.98 Å². The third-order valence-electron chi connectivity index (χ3n) is 9.53. The number of nitrogens with zero attached hydrogens (tertiary/aromatic N) is 3. The second-order valence-electron chi connectivity index (χ2n) is 11.9. The summed E-state index contributed by atoms with van der Waals surface area (Å²) >= 11 is 0. The zero-order valence-corrected chi connectivity index (χ0v) is 24.4. The van der Waals surface area contributed by atoms with E-state index < -0.39 is 0 Å². The Bertz CT molecular complexity index is 2590. The lowest BCUT2D eigenvalue weighted by atomic mass is 9.83. The summed E-state index contributed by atoms with van der Waals surface area (Å²) in [6.45, 7) is 0. The van der Waals surface area contributed by atoms with Gasteiger partial charge in [-0.05, 0) is 78.2 Å². The highest BCUT2D eigenvalue weighted by atomic mass is 16.3. The van der Waals surface area contributed by atoms with Crippen LogP contribution in [0.15, 0.2) is 144 Å². The smallest absolute Gasteiger partial charge is 0.145 e. The van der Waals surface area contributed by atoms with Crippen molar-refractivity contribution in [1.82, 2.24) is 14.1 Å².